The van der Waals surface area contributed by atoms with E-state index >= 15 is 0 Å². The van der Waals surface area contributed by atoms with Gasteiger partial charge in [0, 0.05) is 7.05 Å². The lowest BCUT2D eigenvalue weighted by Gasteiger charge is -2.37. The molecule has 0 heterocycles. The topological polar surface area (TPSA) is 84.9 Å². The van der Waals surface area contributed by atoms with E-state index in [9.17, 15) is 13.2 Å². The molecule has 0 saturated heterocycles. The third-order valence-corrected chi connectivity index (χ3v) is 8.76. The molecule has 9 heteroatoms. The number of hydrogen-bond acceptors (Lipinski definition) is 5. The number of nitrogens with zero attached hydrogens (tertiary/aromatic N) is 1. The highest BCUT2D eigenvalue weighted by atomic mass is 32.2. The van der Waals surface area contributed by atoms with Crippen molar-refractivity contribution in [1.82, 2.24) is 9.19 Å². The first-order chi connectivity index (χ1) is 8.98. The number of nitrogens with one attached hydrogen (secondary N) is 1. The van der Waals surface area contributed by atoms with Gasteiger partial charge in [-0.2, -0.15) is 8.42 Å². The van der Waals surface area contributed by atoms with Crippen molar-refractivity contribution >= 4 is 24.6 Å². The fourth-order valence-corrected chi connectivity index (χ4v) is 3.22. The van der Waals surface area contributed by atoms with Crippen LogP contribution in [0.4, 0.5) is 4.79 Å². The highest BCUT2D eigenvalue weighted by molar-refractivity contribution is 7.87. The molecular formula is C12H28N2O5SSi. The summed E-state index contributed by atoms with van der Waals surface area (Å²) in [5.74, 6) is 0. The summed E-state index contributed by atoms with van der Waals surface area (Å²) >= 11 is 0. The Kier molecular flexibility index (Phi) is 6.04. The van der Waals surface area contributed by atoms with Crippen molar-refractivity contribution in [2.75, 3.05) is 7.05 Å². The van der Waals surface area contributed by atoms with Gasteiger partial charge in [0.15, 0.2) is 0 Å². The van der Waals surface area contributed by atoms with Gasteiger partial charge in [0.25, 0.3) is 0 Å². The molecule has 126 valence electrons. The van der Waals surface area contributed by atoms with Crippen molar-refractivity contribution in [2.45, 2.75) is 65.3 Å². The second-order valence-corrected chi connectivity index (χ2v) is 13.7. The molecule has 0 aromatic heterocycles. The maximum Gasteiger partial charge on any atom is 0.422 e. The molecule has 1 amide bonds. The monoisotopic (exact) mass is 340 g/mol. The van der Waals surface area contributed by atoms with Crippen LogP contribution in [0, 0.1) is 0 Å². The van der Waals surface area contributed by atoms with Gasteiger partial charge in [-0.1, -0.05) is 25.2 Å². The van der Waals surface area contributed by atoms with Crippen LogP contribution in [0.1, 0.15) is 41.5 Å². The Morgan fingerprint density at radius 3 is 1.86 bits per heavy atom. The van der Waals surface area contributed by atoms with Gasteiger partial charge >= 0.3 is 16.3 Å². The zero-order chi connectivity index (χ0) is 17.3. The largest absolute Gasteiger partial charge is 0.443 e. The van der Waals surface area contributed by atoms with E-state index in [-0.39, 0.29) is 5.04 Å². The number of rotatable bonds is 4. The zero-order valence-electron chi connectivity index (χ0n) is 14.4. The molecule has 0 aromatic carbocycles. The second kappa shape index (κ2) is 6.23. The number of hydroxylamine groups is 1. The van der Waals surface area contributed by atoms with E-state index in [4.69, 9.17) is 9.26 Å². The van der Waals surface area contributed by atoms with Gasteiger partial charge in [0.2, 0.25) is 8.32 Å². The normalized spacial score (nSPS) is 14.2. The average Bonchev–Trinajstić information content (AvgIpc) is 2.09. The number of carbonyl (C=O) groups is 1. The lowest BCUT2D eigenvalue weighted by Crippen LogP contribution is -2.51. The standard InChI is InChI=1S/C12H28N2O5SSi/c1-11(2,3)18-10(15)13-20(16,17)14(7)19-21(8,9)12(4,5)6/h1-9H3,(H,13,15). The van der Waals surface area contributed by atoms with E-state index in [1.807, 2.05) is 38.6 Å². The van der Waals surface area contributed by atoms with Crippen LogP contribution < -0.4 is 4.72 Å². The fraction of sp³-hybridized carbons (Fsp3) is 0.917. The van der Waals surface area contributed by atoms with Crippen LogP contribution in [0.25, 0.3) is 0 Å². The highest BCUT2D eigenvalue weighted by Gasteiger charge is 2.41. The summed E-state index contributed by atoms with van der Waals surface area (Å²) in [6.07, 6.45) is -1.03. The second-order valence-electron chi connectivity index (χ2n) is 7.37. The van der Waals surface area contributed by atoms with Crippen molar-refractivity contribution in [3.05, 3.63) is 0 Å². The first-order valence-corrected chi connectivity index (χ1v) is 11.0. The van der Waals surface area contributed by atoms with Gasteiger partial charge in [0.05, 0.1) is 0 Å². The molecule has 0 unspecified atom stereocenters. The minimum atomic E-state index is -4.10. The Morgan fingerprint density at radius 2 is 1.52 bits per heavy atom. The molecular weight excluding hydrogens is 312 g/mol. The van der Waals surface area contributed by atoms with E-state index in [2.05, 4.69) is 0 Å². The molecule has 0 bridgehead atoms. The summed E-state index contributed by atoms with van der Waals surface area (Å²) < 4.78 is 37.1. The Hall–Kier alpha value is -0.643. The summed E-state index contributed by atoms with van der Waals surface area (Å²) in [6, 6.07) is 0. The SMILES string of the molecule is CN(O[Si](C)(C)C(C)(C)C)S(=O)(=O)NC(=O)OC(C)(C)C. The predicted molar refractivity (Wildman–Crippen MR) is 84.3 cm³/mol. The maximum absolute atomic E-state index is 12.0. The first-order valence-electron chi connectivity index (χ1n) is 6.67. The molecule has 0 spiro atoms. The molecule has 0 aromatic rings. The van der Waals surface area contributed by atoms with Gasteiger partial charge in [-0.15, -0.1) is 0 Å². The van der Waals surface area contributed by atoms with Crippen LogP contribution in [0.5, 0.6) is 0 Å². The van der Waals surface area contributed by atoms with Crippen LogP contribution in [0.2, 0.25) is 18.1 Å². The maximum atomic E-state index is 12.0. The highest BCUT2D eigenvalue weighted by Crippen LogP contribution is 2.37. The number of ether oxygens (including phenoxy) is 1. The molecule has 0 aliphatic rings. The van der Waals surface area contributed by atoms with E-state index in [1.165, 1.54) is 7.05 Å². The fourth-order valence-electron chi connectivity index (χ4n) is 0.976. The Morgan fingerprint density at radius 1 is 1.10 bits per heavy atom. The van der Waals surface area contributed by atoms with E-state index in [0.29, 0.717) is 4.47 Å². The molecule has 0 aliphatic carbocycles. The molecule has 1 N–H and O–H groups in total. The molecule has 0 atom stereocenters. The van der Waals surface area contributed by atoms with Crippen molar-refractivity contribution in [3.8, 4) is 0 Å². The van der Waals surface area contributed by atoms with Gasteiger partial charge < -0.3 is 9.26 Å². The molecule has 0 saturated carbocycles. The zero-order valence-corrected chi connectivity index (χ0v) is 16.2. The van der Waals surface area contributed by atoms with E-state index < -0.39 is 30.2 Å². The molecule has 7 nitrogen and oxygen atoms in total. The Balaban J connectivity index is 4.91. The minimum Gasteiger partial charge on any atom is -0.443 e. The molecule has 0 rings (SSSR count). The summed E-state index contributed by atoms with van der Waals surface area (Å²) in [4.78, 5) is 11.6. The van der Waals surface area contributed by atoms with E-state index in [1.54, 1.807) is 20.8 Å². The average molecular weight is 341 g/mol. The van der Waals surface area contributed by atoms with Gasteiger partial charge in [-0.3, -0.25) is 0 Å². The first kappa shape index (κ1) is 20.4. The lowest BCUT2D eigenvalue weighted by molar-refractivity contribution is 0.0385. The summed E-state index contributed by atoms with van der Waals surface area (Å²) in [5, 5.41) is -0.164. The third-order valence-electron chi connectivity index (χ3n) is 3.11. The van der Waals surface area contributed by atoms with Crippen molar-refractivity contribution in [2.24, 2.45) is 0 Å². The summed E-state index contributed by atoms with van der Waals surface area (Å²) in [5.41, 5.74) is -0.779. The van der Waals surface area contributed by atoms with Crippen molar-refractivity contribution < 1.29 is 22.5 Å². The third kappa shape index (κ3) is 6.77. The number of amides is 1. The lowest BCUT2D eigenvalue weighted by atomic mass is 10.2. The van der Waals surface area contributed by atoms with Crippen LogP contribution in [-0.2, 0) is 19.5 Å². The van der Waals surface area contributed by atoms with Crippen LogP contribution in [0.3, 0.4) is 0 Å². The van der Waals surface area contributed by atoms with Crippen molar-refractivity contribution in [1.29, 1.82) is 0 Å². The predicted octanol–water partition coefficient (Wildman–Crippen LogP) is 2.62. The molecule has 0 radical (unpaired) electrons. The van der Waals surface area contributed by atoms with Crippen LogP contribution >= 0.6 is 0 Å². The van der Waals surface area contributed by atoms with Gasteiger partial charge in [-0.25, -0.2) is 9.52 Å². The summed E-state index contributed by atoms with van der Waals surface area (Å²) in [6.45, 7) is 14.7. The van der Waals surface area contributed by atoms with Gasteiger partial charge in [-0.05, 0) is 38.9 Å². The molecule has 21 heavy (non-hydrogen) atoms. The quantitative estimate of drug-likeness (QED) is 0.628. The minimum absolute atomic E-state index is 0.164. The molecule has 0 aliphatic heterocycles. The Bertz CT molecular complexity index is 477. The smallest absolute Gasteiger partial charge is 0.422 e. The van der Waals surface area contributed by atoms with Crippen LogP contribution in [0.15, 0.2) is 0 Å². The van der Waals surface area contributed by atoms with E-state index in [0.717, 1.165) is 0 Å². The molecule has 0 fully saturated rings. The summed E-state index contributed by atoms with van der Waals surface area (Å²) in [7, 11) is -5.17. The number of hydrogen-bond donors (Lipinski definition) is 1. The van der Waals surface area contributed by atoms with Crippen molar-refractivity contribution in [3.63, 3.8) is 0 Å². The Labute approximate surface area is 129 Å². The van der Waals surface area contributed by atoms with Gasteiger partial charge in [0.1, 0.15) is 5.60 Å². The van der Waals surface area contributed by atoms with Crippen LogP contribution in [-0.4, -0.2) is 39.9 Å². The number of carbonyl (C=O) groups excluding carboxylic acids is 1.